The van der Waals surface area contributed by atoms with Crippen LogP contribution in [0.25, 0.3) is 0 Å². The van der Waals surface area contributed by atoms with Gasteiger partial charge in [0.2, 0.25) is 5.91 Å². The van der Waals surface area contributed by atoms with Gasteiger partial charge in [0.15, 0.2) is 0 Å². The Balaban J connectivity index is 1.98. The summed E-state index contributed by atoms with van der Waals surface area (Å²) in [5, 5.41) is 0. The van der Waals surface area contributed by atoms with E-state index in [4.69, 9.17) is 0 Å². The molecule has 25 heavy (non-hydrogen) atoms. The molecule has 1 aromatic heterocycles. The Morgan fingerprint density at radius 1 is 1.08 bits per heavy atom. The number of sulfone groups is 1. The monoisotopic (exact) mass is 360 g/mol. The van der Waals surface area contributed by atoms with Crippen molar-refractivity contribution >= 4 is 15.7 Å². The van der Waals surface area contributed by atoms with Crippen LogP contribution in [0.1, 0.15) is 24.1 Å². The Bertz CT molecular complexity index is 762. The van der Waals surface area contributed by atoms with Crippen LogP contribution < -0.4 is 0 Å². The van der Waals surface area contributed by atoms with Gasteiger partial charge in [-0.1, -0.05) is 36.4 Å². The van der Waals surface area contributed by atoms with Gasteiger partial charge < -0.3 is 4.90 Å². The second-order valence-corrected chi connectivity index (χ2v) is 8.37. The topological polar surface area (TPSA) is 67.3 Å². The lowest BCUT2D eigenvalue weighted by Crippen LogP contribution is -2.32. The number of carbonyl (C=O) groups excluding carboxylic acids is 1. The molecule has 0 N–H and O–H groups in total. The van der Waals surface area contributed by atoms with Crippen LogP contribution in [-0.4, -0.2) is 42.8 Å². The zero-order valence-electron chi connectivity index (χ0n) is 14.5. The molecule has 1 aromatic carbocycles. The van der Waals surface area contributed by atoms with Crippen LogP contribution in [0, 0.1) is 0 Å². The third-order valence-electron chi connectivity index (χ3n) is 3.84. The van der Waals surface area contributed by atoms with Gasteiger partial charge in [0.05, 0.1) is 5.75 Å². The van der Waals surface area contributed by atoms with Gasteiger partial charge in [-0.15, -0.1) is 0 Å². The molecule has 0 saturated heterocycles. The van der Waals surface area contributed by atoms with Gasteiger partial charge in [0, 0.05) is 44.1 Å². The number of benzene rings is 1. The van der Waals surface area contributed by atoms with Gasteiger partial charge in [-0.2, -0.15) is 0 Å². The van der Waals surface area contributed by atoms with E-state index < -0.39 is 9.84 Å². The number of carbonyl (C=O) groups is 1. The standard InChI is InChI=1S/C19H24N2O3S/c1-25(23,24)15-7-11-19(22)21(16-17-8-3-2-4-9-17)14-12-18-10-5-6-13-20-18/h2-6,8-10,13H,7,11-12,14-16H2,1H3. The minimum atomic E-state index is -3.04. The molecule has 0 aliphatic rings. The van der Waals surface area contributed by atoms with Crippen molar-refractivity contribution in [1.82, 2.24) is 9.88 Å². The molecule has 0 aliphatic heterocycles. The third kappa shape index (κ3) is 7.47. The number of amides is 1. The van der Waals surface area contributed by atoms with E-state index in [9.17, 15) is 13.2 Å². The van der Waals surface area contributed by atoms with E-state index >= 15 is 0 Å². The first-order valence-corrected chi connectivity index (χ1v) is 10.4. The Morgan fingerprint density at radius 2 is 1.80 bits per heavy atom. The lowest BCUT2D eigenvalue weighted by atomic mass is 10.1. The molecule has 0 unspecified atom stereocenters. The summed E-state index contributed by atoms with van der Waals surface area (Å²) in [6, 6.07) is 15.5. The van der Waals surface area contributed by atoms with Crippen molar-refractivity contribution in [3.8, 4) is 0 Å². The largest absolute Gasteiger partial charge is 0.338 e. The summed E-state index contributed by atoms with van der Waals surface area (Å²) in [4.78, 5) is 18.6. The summed E-state index contributed by atoms with van der Waals surface area (Å²) in [7, 11) is -3.04. The fourth-order valence-electron chi connectivity index (χ4n) is 2.53. The first-order valence-electron chi connectivity index (χ1n) is 8.33. The molecule has 0 radical (unpaired) electrons. The first-order chi connectivity index (χ1) is 11.9. The van der Waals surface area contributed by atoms with Crippen molar-refractivity contribution in [2.75, 3.05) is 18.6 Å². The summed E-state index contributed by atoms with van der Waals surface area (Å²) in [5.74, 6) is 0.0152. The zero-order chi connectivity index (χ0) is 18.1. The molecule has 0 aliphatic carbocycles. The highest BCUT2D eigenvalue weighted by atomic mass is 32.2. The van der Waals surface area contributed by atoms with Gasteiger partial charge in [-0.25, -0.2) is 8.42 Å². The molecule has 0 bridgehead atoms. The highest BCUT2D eigenvalue weighted by Gasteiger charge is 2.15. The van der Waals surface area contributed by atoms with Crippen LogP contribution >= 0.6 is 0 Å². The number of rotatable bonds is 9. The summed E-state index contributed by atoms with van der Waals surface area (Å²) in [6.07, 6.45) is 4.20. The van der Waals surface area contributed by atoms with E-state index in [1.165, 1.54) is 6.26 Å². The number of hydrogen-bond donors (Lipinski definition) is 0. The van der Waals surface area contributed by atoms with E-state index in [-0.39, 0.29) is 18.1 Å². The van der Waals surface area contributed by atoms with Crippen LogP contribution in [0.3, 0.4) is 0 Å². The first kappa shape index (κ1) is 19.1. The molecule has 1 heterocycles. The number of aromatic nitrogens is 1. The normalized spacial score (nSPS) is 11.2. The average Bonchev–Trinajstić information content (AvgIpc) is 2.59. The summed E-state index contributed by atoms with van der Waals surface area (Å²) in [6.45, 7) is 1.08. The summed E-state index contributed by atoms with van der Waals surface area (Å²) >= 11 is 0. The van der Waals surface area contributed by atoms with Gasteiger partial charge in [-0.3, -0.25) is 9.78 Å². The van der Waals surface area contributed by atoms with Crippen molar-refractivity contribution in [3.05, 3.63) is 66.0 Å². The van der Waals surface area contributed by atoms with Crippen molar-refractivity contribution in [1.29, 1.82) is 0 Å². The highest BCUT2D eigenvalue weighted by molar-refractivity contribution is 7.90. The number of nitrogens with zero attached hydrogens (tertiary/aromatic N) is 2. The molecule has 0 atom stereocenters. The molecule has 0 spiro atoms. The molecule has 134 valence electrons. The van der Waals surface area contributed by atoms with E-state index in [0.29, 0.717) is 25.9 Å². The van der Waals surface area contributed by atoms with Crippen LogP contribution in [0.15, 0.2) is 54.7 Å². The Kier molecular flexibility index (Phi) is 7.13. The third-order valence-corrected chi connectivity index (χ3v) is 4.87. The molecular formula is C19H24N2O3S. The van der Waals surface area contributed by atoms with Gasteiger partial charge in [0.1, 0.15) is 9.84 Å². The maximum Gasteiger partial charge on any atom is 0.222 e. The van der Waals surface area contributed by atoms with Crippen LogP contribution in [0.5, 0.6) is 0 Å². The minimum absolute atomic E-state index is 0.0246. The lowest BCUT2D eigenvalue weighted by Gasteiger charge is -2.23. The zero-order valence-corrected chi connectivity index (χ0v) is 15.3. The van der Waals surface area contributed by atoms with E-state index in [0.717, 1.165) is 11.3 Å². The van der Waals surface area contributed by atoms with Crippen LogP contribution in [0.4, 0.5) is 0 Å². The van der Waals surface area contributed by atoms with Crippen LogP contribution in [-0.2, 0) is 27.6 Å². The van der Waals surface area contributed by atoms with E-state index in [1.54, 1.807) is 11.1 Å². The fourth-order valence-corrected chi connectivity index (χ4v) is 3.20. The van der Waals surface area contributed by atoms with Crippen molar-refractivity contribution < 1.29 is 13.2 Å². The molecule has 2 aromatic rings. The van der Waals surface area contributed by atoms with E-state index in [1.807, 2.05) is 48.5 Å². The summed E-state index contributed by atoms with van der Waals surface area (Å²) in [5.41, 5.74) is 1.99. The highest BCUT2D eigenvalue weighted by Crippen LogP contribution is 2.09. The molecular weight excluding hydrogens is 336 g/mol. The quantitative estimate of drug-likeness (QED) is 0.689. The Labute approximate surface area is 149 Å². The number of pyridine rings is 1. The lowest BCUT2D eigenvalue weighted by molar-refractivity contribution is -0.131. The second kappa shape index (κ2) is 9.32. The van der Waals surface area contributed by atoms with Crippen molar-refractivity contribution in [3.63, 3.8) is 0 Å². The maximum absolute atomic E-state index is 12.6. The average molecular weight is 360 g/mol. The molecule has 0 fully saturated rings. The summed E-state index contributed by atoms with van der Waals surface area (Å²) < 4.78 is 22.5. The minimum Gasteiger partial charge on any atom is -0.338 e. The van der Waals surface area contributed by atoms with Crippen LogP contribution in [0.2, 0.25) is 0 Å². The SMILES string of the molecule is CS(=O)(=O)CCCC(=O)N(CCc1ccccn1)Cc1ccccc1. The van der Waals surface area contributed by atoms with E-state index in [2.05, 4.69) is 4.98 Å². The Morgan fingerprint density at radius 3 is 2.44 bits per heavy atom. The van der Waals surface area contributed by atoms with Gasteiger partial charge >= 0.3 is 0 Å². The van der Waals surface area contributed by atoms with Crippen molar-refractivity contribution in [2.45, 2.75) is 25.8 Å². The predicted octanol–water partition coefficient (Wildman–Crippen LogP) is 2.48. The Hall–Kier alpha value is -2.21. The molecule has 0 saturated carbocycles. The van der Waals surface area contributed by atoms with Crippen molar-refractivity contribution in [2.24, 2.45) is 0 Å². The smallest absolute Gasteiger partial charge is 0.222 e. The molecule has 5 nitrogen and oxygen atoms in total. The van der Waals surface area contributed by atoms with Gasteiger partial charge in [-0.05, 0) is 24.1 Å². The fraction of sp³-hybridized carbons (Fsp3) is 0.368. The second-order valence-electron chi connectivity index (χ2n) is 6.11. The predicted molar refractivity (Wildman–Crippen MR) is 98.7 cm³/mol. The molecule has 1 amide bonds. The molecule has 2 rings (SSSR count). The molecule has 6 heteroatoms. The number of hydrogen-bond acceptors (Lipinski definition) is 4. The maximum atomic E-state index is 12.6. The van der Waals surface area contributed by atoms with Gasteiger partial charge in [0.25, 0.3) is 0 Å².